The molecule has 0 fully saturated rings. The number of rotatable bonds is 6. The average Bonchev–Trinajstić information content (AvgIpc) is 2.70. The Bertz CT molecular complexity index is 1030. The highest BCUT2D eigenvalue weighted by molar-refractivity contribution is 6.04. The van der Waals surface area contributed by atoms with Crippen LogP contribution in [0.15, 0.2) is 77.9 Å². The molecule has 0 heterocycles. The second-order valence-electron chi connectivity index (χ2n) is 6.54. The predicted molar refractivity (Wildman–Crippen MR) is 111 cm³/mol. The molecular weight excluding hydrogens is 369 g/mol. The van der Waals surface area contributed by atoms with Crippen molar-refractivity contribution >= 4 is 23.7 Å². The number of amides is 2. The van der Waals surface area contributed by atoms with E-state index in [1.807, 2.05) is 19.1 Å². The summed E-state index contributed by atoms with van der Waals surface area (Å²) in [6.45, 7) is 1.96. The standard InChI is InChI=1S/C23H20FN3O2/c1-16-5-9-19(10-6-16)23(29)26-21-4-2-3-18(13-21)15-25-27-22(28)14-17-7-11-20(24)12-8-17/h2-13,15H,14H2,1H3,(H,26,29)(H,27,28)/b25-15+. The SMILES string of the molecule is Cc1ccc(C(=O)Nc2cccc(/C=N/NC(=O)Cc3ccc(F)cc3)c2)cc1. The van der Waals surface area contributed by atoms with Crippen LogP contribution in [0.5, 0.6) is 0 Å². The van der Waals surface area contributed by atoms with Gasteiger partial charge in [-0.3, -0.25) is 9.59 Å². The van der Waals surface area contributed by atoms with Crippen molar-refractivity contribution in [3.8, 4) is 0 Å². The highest BCUT2D eigenvalue weighted by Gasteiger charge is 2.06. The molecule has 0 radical (unpaired) electrons. The van der Waals surface area contributed by atoms with E-state index in [-0.39, 0.29) is 24.1 Å². The molecule has 2 N–H and O–H groups in total. The molecule has 5 nitrogen and oxygen atoms in total. The van der Waals surface area contributed by atoms with Gasteiger partial charge in [0.15, 0.2) is 0 Å². The molecule has 2 amide bonds. The van der Waals surface area contributed by atoms with Crippen molar-refractivity contribution in [3.05, 3.63) is 101 Å². The Balaban J connectivity index is 1.56. The number of hydrazone groups is 1. The maximum Gasteiger partial charge on any atom is 0.255 e. The third kappa shape index (κ3) is 6.10. The smallest absolute Gasteiger partial charge is 0.255 e. The molecule has 0 bridgehead atoms. The van der Waals surface area contributed by atoms with E-state index in [4.69, 9.17) is 0 Å². The van der Waals surface area contributed by atoms with E-state index >= 15 is 0 Å². The van der Waals surface area contributed by atoms with Gasteiger partial charge in [0.25, 0.3) is 5.91 Å². The summed E-state index contributed by atoms with van der Waals surface area (Å²) in [7, 11) is 0. The lowest BCUT2D eigenvalue weighted by molar-refractivity contribution is -0.120. The summed E-state index contributed by atoms with van der Waals surface area (Å²) in [4.78, 5) is 24.2. The van der Waals surface area contributed by atoms with E-state index in [1.54, 1.807) is 48.5 Å². The maximum absolute atomic E-state index is 12.9. The molecule has 0 saturated carbocycles. The number of anilines is 1. The first kappa shape index (κ1) is 19.9. The Morgan fingerprint density at radius 1 is 1.00 bits per heavy atom. The fraction of sp³-hybridized carbons (Fsp3) is 0.0870. The molecule has 0 aromatic heterocycles. The number of hydrogen-bond acceptors (Lipinski definition) is 3. The van der Waals surface area contributed by atoms with Crippen LogP contribution in [-0.2, 0) is 11.2 Å². The number of nitrogens with zero attached hydrogens (tertiary/aromatic N) is 1. The summed E-state index contributed by atoms with van der Waals surface area (Å²) in [6, 6.07) is 20.1. The molecule has 146 valence electrons. The van der Waals surface area contributed by atoms with Crippen molar-refractivity contribution in [2.45, 2.75) is 13.3 Å². The van der Waals surface area contributed by atoms with Gasteiger partial charge in [-0.05, 0) is 54.4 Å². The van der Waals surface area contributed by atoms with E-state index in [9.17, 15) is 14.0 Å². The lowest BCUT2D eigenvalue weighted by atomic mass is 10.1. The zero-order valence-electron chi connectivity index (χ0n) is 15.9. The van der Waals surface area contributed by atoms with Gasteiger partial charge >= 0.3 is 0 Å². The molecule has 3 aromatic rings. The van der Waals surface area contributed by atoms with E-state index in [0.29, 0.717) is 22.4 Å². The van der Waals surface area contributed by atoms with Crippen LogP contribution in [0, 0.1) is 12.7 Å². The Hall–Kier alpha value is -3.80. The van der Waals surface area contributed by atoms with Crippen molar-refractivity contribution < 1.29 is 14.0 Å². The van der Waals surface area contributed by atoms with Gasteiger partial charge in [0, 0.05) is 11.3 Å². The zero-order chi connectivity index (χ0) is 20.6. The van der Waals surface area contributed by atoms with Crippen molar-refractivity contribution in [1.29, 1.82) is 0 Å². The van der Waals surface area contributed by atoms with E-state index in [2.05, 4.69) is 15.8 Å². The first-order valence-corrected chi connectivity index (χ1v) is 9.04. The van der Waals surface area contributed by atoms with Gasteiger partial charge < -0.3 is 5.32 Å². The van der Waals surface area contributed by atoms with Gasteiger partial charge in [-0.25, -0.2) is 9.82 Å². The first-order valence-electron chi connectivity index (χ1n) is 9.04. The monoisotopic (exact) mass is 389 g/mol. The summed E-state index contributed by atoms with van der Waals surface area (Å²) in [5.41, 5.74) is 6.12. The lowest BCUT2D eigenvalue weighted by Gasteiger charge is -2.06. The molecule has 3 aromatic carbocycles. The Kier molecular flexibility index (Phi) is 6.47. The summed E-state index contributed by atoms with van der Waals surface area (Å²) in [5.74, 6) is -0.857. The fourth-order valence-corrected chi connectivity index (χ4v) is 2.61. The van der Waals surface area contributed by atoms with Crippen LogP contribution in [0.25, 0.3) is 0 Å². The number of carbonyl (C=O) groups is 2. The normalized spacial score (nSPS) is 10.7. The van der Waals surface area contributed by atoms with Gasteiger partial charge in [0.2, 0.25) is 5.91 Å². The van der Waals surface area contributed by atoms with Crippen molar-refractivity contribution in [2.24, 2.45) is 5.10 Å². The first-order chi connectivity index (χ1) is 14.0. The Morgan fingerprint density at radius 2 is 1.72 bits per heavy atom. The van der Waals surface area contributed by atoms with Crippen LogP contribution in [0.1, 0.15) is 27.0 Å². The topological polar surface area (TPSA) is 70.6 Å². The summed E-state index contributed by atoms with van der Waals surface area (Å²) in [5, 5.41) is 6.77. The molecule has 3 rings (SSSR count). The molecule has 0 aliphatic heterocycles. The minimum Gasteiger partial charge on any atom is -0.322 e. The quantitative estimate of drug-likeness (QED) is 0.493. The Labute approximate surface area is 168 Å². The molecule has 29 heavy (non-hydrogen) atoms. The van der Waals surface area contributed by atoms with Gasteiger partial charge in [-0.1, -0.05) is 42.0 Å². The molecule has 6 heteroatoms. The van der Waals surface area contributed by atoms with Crippen LogP contribution in [0.4, 0.5) is 10.1 Å². The summed E-state index contributed by atoms with van der Waals surface area (Å²) < 4.78 is 12.9. The maximum atomic E-state index is 12.9. The highest BCUT2D eigenvalue weighted by Crippen LogP contribution is 2.12. The van der Waals surface area contributed by atoms with Gasteiger partial charge in [0.05, 0.1) is 12.6 Å². The fourth-order valence-electron chi connectivity index (χ4n) is 2.61. The summed E-state index contributed by atoms with van der Waals surface area (Å²) >= 11 is 0. The third-order valence-electron chi connectivity index (χ3n) is 4.14. The number of benzene rings is 3. The second kappa shape index (κ2) is 9.41. The molecular formula is C23H20FN3O2. The summed E-state index contributed by atoms with van der Waals surface area (Å²) in [6.07, 6.45) is 1.59. The minimum absolute atomic E-state index is 0.101. The van der Waals surface area contributed by atoms with Crippen LogP contribution in [0.2, 0.25) is 0 Å². The molecule has 0 atom stereocenters. The third-order valence-corrected chi connectivity index (χ3v) is 4.14. The van der Waals surface area contributed by atoms with Crippen molar-refractivity contribution in [3.63, 3.8) is 0 Å². The Morgan fingerprint density at radius 3 is 2.45 bits per heavy atom. The van der Waals surface area contributed by atoms with Crippen LogP contribution >= 0.6 is 0 Å². The average molecular weight is 389 g/mol. The van der Waals surface area contributed by atoms with Crippen LogP contribution in [-0.4, -0.2) is 18.0 Å². The minimum atomic E-state index is -0.346. The molecule has 0 aliphatic carbocycles. The second-order valence-corrected chi connectivity index (χ2v) is 6.54. The number of hydrogen-bond donors (Lipinski definition) is 2. The molecule has 0 saturated heterocycles. The van der Waals surface area contributed by atoms with Crippen molar-refractivity contribution in [1.82, 2.24) is 5.43 Å². The predicted octanol–water partition coefficient (Wildman–Crippen LogP) is 4.08. The zero-order valence-corrected chi connectivity index (χ0v) is 15.9. The number of nitrogens with one attached hydrogen (secondary N) is 2. The van der Waals surface area contributed by atoms with E-state index in [1.165, 1.54) is 18.3 Å². The van der Waals surface area contributed by atoms with Crippen molar-refractivity contribution in [2.75, 3.05) is 5.32 Å². The van der Waals surface area contributed by atoms with Gasteiger partial charge in [-0.2, -0.15) is 5.10 Å². The largest absolute Gasteiger partial charge is 0.322 e. The van der Waals surface area contributed by atoms with Crippen LogP contribution < -0.4 is 10.7 Å². The van der Waals surface area contributed by atoms with Crippen LogP contribution in [0.3, 0.4) is 0 Å². The van der Waals surface area contributed by atoms with E-state index < -0.39 is 0 Å². The van der Waals surface area contributed by atoms with Gasteiger partial charge in [0.1, 0.15) is 5.82 Å². The number of aryl methyl sites for hydroxylation is 1. The molecule has 0 unspecified atom stereocenters. The number of carbonyl (C=O) groups excluding carboxylic acids is 2. The molecule has 0 spiro atoms. The van der Waals surface area contributed by atoms with E-state index in [0.717, 1.165) is 5.56 Å². The lowest BCUT2D eigenvalue weighted by Crippen LogP contribution is -2.19. The molecule has 0 aliphatic rings. The highest BCUT2D eigenvalue weighted by atomic mass is 19.1. The van der Waals surface area contributed by atoms with Gasteiger partial charge in [-0.15, -0.1) is 0 Å². The number of halogens is 1.